The zero-order chi connectivity index (χ0) is 31.7. The van der Waals surface area contributed by atoms with Gasteiger partial charge in [0.15, 0.2) is 0 Å². The van der Waals surface area contributed by atoms with Crippen LogP contribution >= 0.6 is 0 Å². The quantitative estimate of drug-likeness (QED) is 0.230. The molecule has 1 aromatic heterocycles. The number of anilines is 1. The van der Waals surface area contributed by atoms with Crippen LogP contribution in [0.2, 0.25) is 0 Å². The van der Waals surface area contributed by atoms with Gasteiger partial charge >= 0.3 is 6.01 Å². The molecule has 7 nitrogen and oxygen atoms in total. The van der Waals surface area contributed by atoms with Crippen molar-refractivity contribution in [1.29, 1.82) is 0 Å². The summed E-state index contributed by atoms with van der Waals surface area (Å²) in [6.07, 6.45) is 12.7. The molecular weight excluding hydrogens is 555 g/mol. The second kappa shape index (κ2) is 15.6. The molecule has 0 spiro atoms. The van der Waals surface area contributed by atoms with Crippen molar-refractivity contribution < 1.29 is 19.0 Å². The van der Waals surface area contributed by atoms with Gasteiger partial charge in [-0.2, -0.15) is 9.97 Å². The van der Waals surface area contributed by atoms with Crippen molar-refractivity contribution in [3.63, 3.8) is 0 Å². The highest BCUT2D eigenvalue weighted by atomic mass is 19.1. The topological polar surface area (TPSA) is 80.1 Å². The van der Waals surface area contributed by atoms with Crippen LogP contribution in [0.25, 0.3) is 17.2 Å². The number of halogens is 1. The molecule has 2 aromatic rings. The summed E-state index contributed by atoms with van der Waals surface area (Å²) in [5.41, 5.74) is 3.54. The molecule has 1 aliphatic heterocycles. The fourth-order valence-corrected chi connectivity index (χ4v) is 6.09. The van der Waals surface area contributed by atoms with Crippen LogP contribution in [0.1, 0.15) is 110 Å². The first-order chi connectivity index (χ1) is 21.2. The van der Waals surface area contributed by atoms with Crippen LogP contribution in [0.15, 0.2) is 29.3 Å². The van der Waals surface area contributed by atoms with E-state index in [-0.39, 0.29) is 22.8 Å². The van der Waals surface area contributed by atoms with Crippen LogP contribution in [0.3, 0.4) is 0 Å². The Morgan fingerprint density at radius 3 is 2.57 bits per heavy atom. The number of rotatable bonds is 13. The average Bonchev–Trinajstić information content (AvgIpc) is 3.28. The van der Waals surface area contributed by atoms with Crippen LogP contribution < -0.4 is 9.64 Å². The monoisotopic (exact) mass is 606 g/mol. The molecule has 1 atom stereocenters. The number of fused-ring (bicyclic) bond motifs is 1. The Morgan fingerprint density at radius 1 is 1.09 bits per heavy atom. The Balaban J connectivity index is 1.88. The molecule has 2 aliphatic rings. The number of aliphatic imine (C=N–C) groups is 1. The molecule has 1 saturated heterocycles. The summed E-state index contributed by atoms with van der Waals surface area (Å²) in [6, 6.07) is 4.62. The van der Waals surface area contributed by atoms with Gasteiger partial charge in [-0.05, 0) is 58.2 Å². The second-order valence-electron chi connectivity index (χ2n) is 12.7. The zero-order valence-corrected chi connectivity index (χ0v) is 27.6. The first-order valence-electron chi connectivity index (χ1n) is 16.5. The van der Waals surface area contributed by atoms with E-state index in [0.717, 1.165) is 55.6 Å². The molecule has 0 amide bonds. The number of benzene rings is 1. The molecule has 240 valence electrons. The van der Waals surface area contributed by atoms with E-state index in [1.165, 1.54) is 37.5 Å². The Hall–Kier alpha value is -3.26. The van der Waals surface area contributed by atoms with Crippen molar-refractivity contribution in [3.05, 3.63) is 46.9 Å². The normalized spacial score (nSPS) is 18.7. The number of allylic oxidation sites excluding steroid dienone is 3. The van der Waals surface area contributed by atoms with Gasteiger partial charge in [0.2, 0.25) is 0 Å². The summed E-state index contributed by atoms with van der Waals surface area (Å²) < 4.78 is 27.7. The summed E-state index contributed by atoms with van der Waals surface area (Å²) in [7, 11) is 0. The van der Waals surface area contributed by atoms with Crippen LogP contribution in [-0.2, 0) is 4.74 Å². The minimum Gasteiger partial charge on any atom is -0.507 e. The number of aromatic nitrogens is 2. The lowest BCUT2D eigenvalue weighted by Crippen LogP contribution is -2.30. The van der Waals surface area contributed by atoms with E-state index >= 15 is 4.39 Å². The SMILES string of the molecule is C/C=C1\C(=NC(C)C)C(c2c(O)cccc2F)=Cc2nc(OCC(C)(CCCC)CCCCC)nc(N3CCCOCC3)c21. The zero-order valence-electron chi connectivity index (χ0n) is 27.6. The van der Waals surface area contributed by atoms with Crippen molar-refractivity contribution in [3.8, 4) is 11.8 Å². The number of hydrogen-bond acceptors (Lipinski definition) is 7. The highest BCUT2D eigenvalue weighted by molar-refractivity contribution is 6.49. The number of hydrogen-bond donors (Lipinski definition) is 1. The number of unbranched alkanes of at least 4 members (excludes halogenated alkanes) is 3. The molecule has 1 fully saturated rings. The number of ether oxygens (including phenoxy) is 2. The summed E-state index contributed by atoms with van der Waals surface area (Å²) in [5, 5.41) is 10.8. The number of phenols is 1. The van der Waals surface area contributed by atoms with Crippen molar-refractivity contribution >= 4 is 28.8 Å². The molecule has 1 aliphatic carbocycles. The molecule has 1 N–H and O–H groups in total. The summed E-state index contributed by atoms with van der Waals surface area (Å²) in [4.78, 5) is 17.2. The fraction of sp³-hybridized carbons (Fsp3) is 0.583. The molecule has 1 unspecified atom stereocenters. The number of phenolic OH excluding ortho intramolecular Hbond substituents is 1. The minimum absolute atomic E-state index is 0.0204. The van der Waals surface area contributed by atoms with Gasteiger partial charge in [0.25, 0.3) is 0 Å². The van der Waals surface area contributed by atoms with Crippen molar-refractivity contribution in [1.82, 2.24) is 9.97 Å². The molecule has 1 aromatic carbocycles. The maximum absolute atomic E-state index is 15.4. The Kier molecular flexibility index (Phi) is 12.0. The maximum Gasteiger partial charge on any atom is 0.318 e. The third-order valence-electron chi connectivity index (χ3n) is 8.48. The fourth-order valence-electron chi connectivity index (χ4n) is 6.09. The molecule has 0 radical (unpaired) electrons. The lowest BCUT2D eigenvalue weighted by Gasteiger charge is -2.31. The van der Waals surface area contributed by atoms with Gasteiger partial charge in [-0.15, -0.1) is 0 Å². The summed E-state index contributed by atoms with van der Waals surface area (Å²) in [5.74, 6) is 0.121. The van der Waals surface area contributed by atoms with Gasteiger partial charge in [-0.3, -0.25) is 4.99 Å². The van der Waals surface area contributed by atoms with Gasteiger partial charge in [-0.25, -0.2) is 4.39 Å². The lowest BCUT2D eigenvalue weighted by atomic mass is 9.81. The molecule has 44 heavy (non-hydrogen) atoms. The Labute approximate surface area is 263 Å². The van der Waals surface area contributed by atoms with Gasteiger partial charge in [0.1, 0.15) is 17.4 Å². The van der Waals surface area contributed by atoms with Crippen LogP contribution in [0.4, 0.5) is 10.2 Å². The largest absolute Gasteiger partial charge is 0.507 e. The molecule has 2 heterocycles. The van der Waals surface area contributed by atoms with Crippen molar-refractivity contribution in [2.24, 2.45) is 10.4 Å². The highest BCUT2D eigenvalue weighted by Gasteiger charge is 2.33. The maximum atomic E-state index is 15.4. The molecular formula is C36H51FN4O3. The minimum atomic E-state index is -0.513. The van der Waals surface area contributed by atoms with Crippen LogP contribution in [0.5, 0.6) is 11.8 Å². The van der Waals surface area contributed by atoms with E-state index in [9.17, 15) is 5.11 Å². The third-order valence-corrected chi connectivity index (χ3v) is 8.48. The van der Waals surface area contributed by atoms with Crippen LogP contribution in [-0.4, -0.2) is 59.7 Å². The van der Waals surface area contributed by atoms with Gasteiger partial charge in [0, 0.05) is 42.3 Å². The first kappa shape index (κ1) is 33.6. The number of nitrogens with zero attached hydrogens (tertiary/aromatic N) is 4. The third kappa shape index (κ3) is 8.06. The average molecular weight is 607 g/mol. The highest BCUT2D eigenvalue weighted by Crippen LogP contribution is 2.43. The van der Waals surface area contributed by atoms with E-state index in [4.69, 9.17) is 24.4 Å². The standard InChI is InChI=1S/C36H51FN4O3/c1-7-10-12-18-36(6,17-11-8-2)24-44-35-39-29-23-27(31-28(37)15-13-16-30(31)42)33(38-25(4)5)26(9-3)32(29)34(40-35)41-19-14-21-43-22-20-41/h9,13,15-16,23,25,42H,7-8,10-12,14,17-22,24H2,1-6H3/b26-9-,38-33?. The van der Waals surface area contributed by atoms with Crippen molar-refractivity contribution in [2.75, 3.05) is 37.8 Å². The van der Waals surface area contributed by atoms with Gasteiger partial charge < -0.3 is 19.5 Å². The lowest BCUT2D eigenvalue weighted by molar-refractivity contribution is 0.126. The van der Waals surface area contributed by atoms with E-state index < -0.39 is 5.82 Å². The van der Waals surface area contributed by atoms with E-state index in [0.29, 0.717) is 49.4 Å². The van der Waals surface area contributed by atoms with Gasteiger partial charge in [0.05, 0.1) is 35.7 Å². The molecule has 8 heteroatoms. The predicted octanol–water partition coefficient (Wildman–Crippen LogP) is 8.51. The number of aromatic hydroxyl groups is 1. The van der Waals surface area contributed by atoms with E-state index in [1.54, 1.807) is 0 Å². The smallest absolute Gasteiger partial charge is 0.318 e. The van der Waals surface area contributed by atoms with E-state index in [2.05, 4.69) is 25.7 Å². The van der Waals surface area contributed by atoms with Gasteiger partial charge in [-0.1, -0.05) is 65.0 Å². The second-order valence-corrected chi connectivity index (χ2v) is 12.7. The first-order valence-corrected chi connectivity index (χ1v) is 16.5. The predicted molar refractivity (Wildman–Crippen MR) is 179 cm³/mol. The van der Waals surface area contributed by atoms with Crippen molar-refractivity contribution in [2.45, 2.75) is 99.0 Å². The molecule has 4 rings (SSSR count). The summed E-state index contributed by atoms with van der Waals surface area (Å²) >= 11 is 0. The summed E-state index contributed by atoms with van der Waals surface area (Å²) in [6.45, 7) is 16.0. The van der Waals surface area contributed by atoms with Crippen LogP contribution in [0, 0.1) is 11.2 Å². The Morgan fingerprint density at radius 2 is 1.86 bits per heavy atom. The molecule has 0 bridgehead atoms. The van der Waals surface area contributed by atoms with E-state index in [1.807, 2.05) is 32.9 Å². The Bertz CT molecular complexity index is 1340. The molecule has 0 saturated carbocycles.